The summed E-state index contributed by atoms with van der Waals surface area (Å²) in [4.78, 5) is 19.1. The fourth-order valence-corrected chi connectivity index (χ4v) is 1.48. The van der Waals surface area contributed by atoms with Crippen LogP contribution in [-0.4, -0.2) is 21.4 Å². The standard InChI is InChI=1S/C8H5F2NO3.C7H4F2O2/c9-6-3-5(1-2-11(13)14)4-7(10)8(6)12;8-5-1-4(3-10)2-6(9)7(5)11/h1-4,12H;1-3,11H/b2-1+;. The number of benzene rings is 2. The number of nitro groups is 1. The van der Waals surface area contributed by atoms with E-state index in [1.54, 1.807) is 0 Å². The quantitative estimate of drug-likeness (QED) is 0.379. The number of aromatic hydroxyl groups is 2. The second-order valence-corrected chi connectivity index (χ2v) is 4.39. The molecule has 0 aliphatic heterocycles. The monoisotopic (exact) mass is 359 g/mol. The lowest BCUT2D eigenvalue weighted by Crippen LogP contribution is -1.87. The third-order valence-corrected chi connectivity index (χ3v) is 2.60. The Bertz CT molecular complexity index is 793. The highest BCUT2D eigenvalue weighted by atomic mass is 19.1. The van der Waals surface area contributed by atoms with Crippen LogP contribution >= 0.6 is 0 Å². The van der Waals surface area contributed by atoms with Gasteiger partial charge in [-0.3, -0.25) is 14.9 Å². The Hall–Kier alpha value is -3.43. The fourth-order valence-electron chi connectivity index (χ4n) is 1.48. The highest BCUT2D eigenvalue weighted by Gasteiger charge is 2.09. The van der Waals surface area contributed by atoms with Crippen LogP contribution in [0.15, 0.2) is 30.5 Å². The highest BCUT2D eigenvalue weighted by molar-refractivity contribution is 5.75. The van der Waals surface area contributed by atoms with E-state index in [1.165, 1.54) is 0 Å². The first-order chi connectivity index (χ1) is 11.6. The minimum Gasteiger partial charge on any atom is -0.503 e. The number of aldehydes is 1. The molecule has 6 nitrogen and oxygen atoms in total. The Kier molecular flexibility index (Phi) is 6.61. The summed E-state index contributed by atoms with van der Waals surface area (Å²) in [7, 11) is 0. The minimum atomic E-state index is -1.16. The van der Waals surface area contributed by atoms with Crippen LogP contribution in [-0.2, 0) is 0 Å². The molecule has 0 heterocycles. The predicted octanol–water partition coefficient (Wildman–Crippen LogP) is 3.40. The van der Waals surface area contributed by atoms with E-state index in [-0.39, 0.29) is 11.1 Å². The van der Waals surface area contributed by atoms with Crippen LogP contribution < -0.4 is 0 Å². The van der Waals surface area contributed by atoms with Gasteiger partial charge in [0.05, 0.1) is 4.92 Å². The Morgan fingerprint density at radius 2 is 1.20 bits per heavy atom. The van der Waals surface area contributed by atoms with Gasteiger partial charge in [0.15, 0.2) is 34.8 Å². The molecule has 0 radical (unpaired) electrons. The van der Waals surface area contributed by atoms with Gasteiger partial charge in [-0.2, -0.15) is 0 Å². The molecule has 0 aromatic heterocycles. The fraction of sp³-hybridized carbons (Fsp3) is 0. The Morgan fingerprint density at radius 3 is 1.52 bits per heavy atom. The predicted molar refractivity (Wildman–Crippen MR) is 77.5 cm³/mol. The van der Waals surface area contributed by atoms with Crippen LogP contribution in [0.25, 0.3) is 6.08 Å². The third-order valence-electron chi connectivity index (χ3n) is 2.60. The molecule has 132 valence electrons. The minimum absolute atomic E-state index is 0.0329. The van der Waals surface area contributed by atoms with Gasteiger partial charge in [0.1, 0.15) is 6.29 Å². The molecule has 10 heteroatoms. The summed E-state index contributed by atoms with van der Waals surface area (Å²) in [6.45, 7) is 0. The van der Waals surface area contributed by atoms with Gasteiger partial charge in [0.2, 0.25) is 6.20 Å². The lowest BCUT2D eigenvalue weighted by Gasteiger charge is -1.98. The molecule has 0 unspecified atom stereocenters. The zero-order valence-corrected chi connectivity index (χ0v) is 12.1. The molecule has 0 bridgehead atoms. The number of phenols is 2. The maximum Gasteiger partial charge on any atom is 0.235 e. The van der Waals surface area contributed by atoms with Gasteiger partial charge in [0, 0.05) is 11.6 Å². The molecular weight excluding hydrogens is 350 g/mol. The smallest absolute Gasteiger partial charge is 0.235 e. The van der Waals surface area contributed by atoms with Crippen molar-refractivity contribution in [1.82, 2.24) is 0 Å². The summed E-state index contributed by atoms with van der Waals surface area (Å²) in [6, 6.07) is 3.09. The molecule has 2 aromatic rings. The summed E-state index contributed by atoms with van der Waals surface area (Å²) >= 11 is 0. The zero-order chi connectivity index (χ0) is 19.1. The summed E-state index contributed by atoms with van der Waals surface area (Å²) in [5.74, 6) is -6.74. The number of phenolic OH excluding ortho intramolecular Hbond substituents is 2. The maximum absolute atomic E-state index is 12.7. The summed E-state index contributed by atoms with van der Waals surface area (Å²) < 4.78 is 50.1. The third kappa shape index (κ3) is 5.61. The normalized spacial score (nSPS) is 10.2. The number of halogens is 4. The van der Waals surface area contributed by atoms with E-state index >= 15 is 0 Å². The van der Waals surface area contributed by atoms with Crippen molar-refractivity contribution in [3.05, 3.63) is 75.0 Å². The van der Waals surface area contributed by atoms with Crippen molar-refractivity contribution < 1.29 is 37.5 Å². The van der Waals surface area contributed by atoms with Gasteiger partial charge in [-0.15, -0.1) is 0 Å². The van der Waals surface area contributed by atoms with E-state index in [0.717, 1.165) is 30.3 Å². The molecule has 0 atom stereocenters. The van der Waals surface area contributed by atoms with E-state index in [2.05, 4.69) is 0 Å². The molecule has 0 saturated carbocycles. The molecular formula is C15H9F4NO5. The van der Waals surface area contributed by atoms with E-state index in [9.17, 15) is 32.5 Å². The highest BCUT2D eigenvalue weighted by Crippen LogP contribution is 2.22. The number of nitrogens with zero attached hydrogens (tertiary/aromatic N) is 1. The lowest BCUT2D eigenvalue weighted by atomic mass is 10.2. The Labute approximate surface area is 137 Å². The van der Waals surface area contributed by atoms with Gasteiger partial charge in [0.25, 0.3) is 0 Å². The lowest BCUT2D eigenvalue weighted by molar-refractivity contribution is -0.400. The first-order valence-corrected chi connectivity index (χ1v) is 6.28. The van der Waals surface area contributed by atoms with Crippen molar-refractivity contribution in [2.75, 3.05) is 0 Å². The number of hydrogen-bond donors (Lipinski definition) is 2. The van der Waals surface area contributed by atoms with E-state index in [0.29, 0.717) is 12.5 Å². The molecule has 0 amide bonds. The Morgan fingerprint density at radius 1 is 0.840 bits per heavy atom. The van der Waals surface area contributed by atoms with Crippen molar-refractivity contribution >= 4 is 12.4 Å². The van der Waals surface area contributed by atoms with Crippen molar-refractivity contribution in [1.29, 1.82) is 0 Å². The molecule has 2 N–H and O–H groups in total. The summed E-state index contributed by atoms with van der Waals surface area (Å²) in [5.41, 5.74) is -0.174. The van der Waals surface area contributed by atoms with Crippen molar-refractivity contribution in [2.45, 2.75) is 0 Å². The number of carbonyl (C=O) groups is 1. The molecule has 0 aliphatic rings. The van der Waals surface area contributed by atoms with Gasteiger partial charge in [-0.1, -0.05) is 0 Å². The second kappa shape index (κ2) is 8.43. The largest absolute Gasteiger partial charge is 0.503 e. The molecule has 2 rings (SSSR count). The number of carbonyl (C=O) groups excluding carboxylic acids is 1. The van der Waals surface area contributed by atoms with Crippen LogP contribution in [0.4, 0.5) is 17.6 Å². The van der Waals surface area contributed by atoms with E-state index in [4.69, 9.17) is 10.2 Å². The molecule has 0 aliphatic carbocycles. The molecule has 2 aromatic carbocycles. The average molecular weight is 359 g/mol. The number of rotatable bonds is 3. The van der Waals surface area contributed by atoms with Crippen molar-refractivity contribution in [2.24, 2.45) is 0 Å². The van der Waals surface area contributed by atoms with Crippen molar-refractivity contribution in [3.8, 4) is 11.5 Å². The average Bonchev–Trinajstić information content (AvgIpc) is 2.55. The maximum atomic E-state index is 12.7. The van der Waals surface area contributed by atoms with Crippen LogP contribution in [0, 0.1) is 33.4 Å². The molecule has 25 heavy (non-hydrogen) atoms. The summed E-state index contributed by atoms with van der Waals surface area (Å²) in [6.07, 6.45) is 1.77. The molecule has 0 fully saturated rings. The summed E-state index contributed by atoms with van der Waals surface area (Å²) in [5, 5.41) is 27.2. The van der Waals surface area contributed by atoms with Gasteiger partial charge < -0.3 is 10.2 Å². The van der Waals surface area contributed by atoms with Crippen LogP contribution in [0.3, 0.4) is 0 Å². The van der Waals surface area contributed by atoms with Crippen LogP contribution in [0.1, 0.15) is 15.9 Å². The van der Waals surface area contributed by atoms with E-state index in [1.807, 2.05) is 0 Å². The topological polar surface area (TPSA) is 101 Å². The van der Waals surface area contributed by atoms with Crippen LogP contribution in [0.2, 0.25) is 0 Å². The van der Waals surface area contributed by atoms with E-state index < -0.39 is 39.7 Å². The molecule has 0 saturated heterocycles. The SMILES string of the molecule is O=Cc1cc(F)c(O)c(F)c1.O=[N+]([O-])/C=C/c1cc(F)c(O)c(F)c1. The number of hydrogen-bond acceptors (Lipinski definition) is 5. The zero-order valence-electron chi connectivity index (χ0n) is 12.1. The van der Waals surface area contributed by atoms with Gasteiger partial charge >= 0.3 is 0 Å². The first kappa shape index (κ1) is 19.6. The van der Waals surface area contributed by atoms with Crippen LogP contribution in [0.5, 0.6) is 11.5 Å². The van der Waals surface area contributed by atoms with Gasteiger partial charge in [-0.25, -0.2) is 17.6 Å². The second-order valence-electron chi connectivity index (χ2n) is 4.39. The van der Waals surface area contributed by atoms with Crippen molar-refractivity contribution in [3.63, 3.8) is 0 Å². The Balaban J connectivity index is 0.000000257. The van der Waals surface area contributed by atoms with Gasteiger partial charge in [-0.05, 0) is 29.8 Å². The first-order valence-electron chi connectivity index (χ1n) is 6.28. The molecule has 0 spiro atoms.